The molecular weight excluding hydrogens is 352 g/mol. The summed E-state index contributed by atoms with van der Waals surface area (Å²) < 4.78 is 5.94. The van der Waals surface area contributed by atoms with E-state index in [0.717, 1.165) is 71.1 Å². The molecule has 3 heterocycles. The number of amides is 1. The average Bonchev–Trinajstić information content (AvgIpc) is 3.04. The van der Waals surface area contributed by atoms with Crippen LogP contribution in [0.2, 0.25) is 0 Å². The largest absolute Gasteiger partial charge is 0.441 e. The standard InChI is InChI=1S/C22H40N4O2/c1-24(19-7-3-2-4-8-19)13-6-14-26-18-22(28-21(26)27)10-15-25(16-11-22)20-9-5-12-23-17-20/h19-20,23H,2-18H2,1H3/t20-/m1/s1. The molecule has 0 aromatic heterocycles. The number of piperidine rings is 2. The Kier molecular flexibility index (Phi) is 6.79. The molecule has 0 radical (unpaired) electrons. The maximum Gasteiger partial charge on any atom is 0.410 e. The summed E-state index contributed by atoms with van der Waals surface area (Å²) in [6.07, 6.45) is 12.4. The maximum atomic E-state index is 12.5. The van der Waals surface area contributed by atoms with Crippen molar-refractivity contribution in [3.05, 3.63) is 0 Å². The lowest BCUT2D eigenvalue weighted by Gasteiger charge is -2.42. The van der Waals surface area contributed by atoms with Gasteiger partial charge in [0.2, 0.25) is 0 Å². The van der Waals surface area contributed by atoms with Gasteiger partial charge in [0.15, 0.2) is 0 Å². The molecule has 1 N–H and O–H groups in total. The van der Waals surface area contributed by atoms with Gasteiger partial charge in [-0.15, -0.1) is 0 Å². The third-order valence-corrected chi connectivity index (χ3v) is 7.67. The zero-order chi connectivity index (χ0) is 19.4. The summed E-state index contributed by atoms with van der Waals surface area (Å²) in [5.74, 6) is 0. The number of ether oxygens (including phenoxy) is 1. The van der Waals surface area contributed by atoms with Crippen molar-refractivity contribution in [3.63, 3.8) is 0 Å². The minimum Gasteiger partial charge on any atom is -0.441 e. The maximum absolute atomic E-state index is 12.5. The first kappa shape index (κ1) is 20.4. The fourth-order valence-corrected chi connectivity index (χ4v) is 5.78. The van der Waals surface area contributed by atoms with Gasteiger partial charge in [-0.2, -0.15) is 0 Å². The molecule has 4 rings (SSSR count). The van der Waals surface area contributed by atoms with Crippen LogP contribution >= 0.6 is 0 Å². The van der Waals surface area contributed by atoms with Gasteiger partial charge in [-0.05, 0) is 52.2 Å². The van der Waals surface area contributed by atoms with Crippen LogP contribution in [0.15, 0.2) is 0 Å². The number of carbonyl (C=O) groups excluding carboxylic acids is 1. The molecule has 0 aromatic carbocycles. The van der Waals surface area contributed by atoms with Crippen molar-refractivity contribution < 1.29 is 9.53 Å². The summed E-state index contributed by atoms with van der Waals surface area (Å²) in [6, 6.07) is 1.43. The first-order valence-electron chi connectivity index (χ1n) is 11.8. The van der Waals surface area contributed by atoms with Crippen LogP contribution < -0.4 is 5.32 Å². The number of nitrogens with one attached hydrogen (secondary N) is 1. The zero-order valence-electron chi connectivity index (χ0n) is 17.8. The van der Waals surface area contributed by atoms with Gasteiger partial charge < -0.3 is 19.9 Å². The lowest BCUT2D eigenvalue weighted by atomic mass is 9.89. The van der Waals surface area contributed by atoms with Gasteiger partial charge in [-0.25, -0.2) is 4.79 Å². The Bertz CT molecular complexity index is 509. The van der Waals surface area contributed by atoms with E-state index in [-0.39, 0.29) is 11.7 Å². The smallest absolute Gasteiger partial charge is 0.410 e. The molecule has 0 bridgehead atoms. The number of rotatable bonds is 6. The fourth-order valence-electron chi connectivity index (χ4n) is 5.78. The molecule has 1 spiro atoms. The summed E-state index contributed by atoms with van der Waals surface area (Å²) >= 11 is 0. The van der Waals surface area contributed by atoms with Gasteiger partial charge in [-0.3, -0.25) is 4.90 Å². The third-order valence-electron chi connectivity index (χ3n) is 7.67. The van der Waals surface area contributed by atoms with Crippen LogP contribution in [-0.2, 0) is 4.74 Å². The van der Waals surface area contributed by atoms with Crippen LogP contribution in [0.4, 0.5) is 4.79 Å². The Morgan fingerprint density at radius 2 is 1.93 bits per heavy atom. The van der Waals surface area contributed by atoms with Crippen molar-refractivity contribution in [1.82, 2.24) is 20.0 Å². The first-order chi connectivity index (χ1) is 13.7. The topological polar surface area (TPSA) is 48.0 Å². The predicted octanol–water partition coefficient (Wildman–Crippen LogP) is 2.68. The molecule has 1 atom stereocenters. The van der Waals surface area contributed by atoms with Crippen molar-refractivity contribution in [1.29, 1.82) is 0 Å². The molecule has 4 aliphatic rings. The van der Waals surface area contributed by atoms with E-state index in [1.807, 2.05) is 4.90 Å². The van der Waals surface area contributed by atoms with E-state index in [1.54, 1.807) is 0 Å². The van der Waals surface area contributed by atoms with Crippen LogP contribution in [0.25, 0.3) is 0 Å². The van der Waals surface area contributed by atoms with Gasteiger partial charge in [0.25, 0.3) is 0 Å². The van der Waals surface area contributed by atoms with Crippen LogP contribution in [0.3, 0.4) is 0 Å². The van der Waals surface area contributed by atoms with E-state index < -0.39 is 0 Å². The van der Waals surface area contributed by atoms with E-state index in [2.05, 4.69) is 22.2 Å². The molecule has 160 valence electrons. The van der Waals surface area contributed by atoms with Crippen LogP contribution in [0.5, 0.6) is 0 Å². The summed E-state index contributed by atoms with van der Waals surface area (Å²) in [4.78, 5) is 19.6. The molecule has 6 heteroatoms. The molecule has 28 heavy (non-hydrogen) atoms. The highest BCUT2D eigenvalue weighted by Crippen LogP contribution is 2.34. The van der Waals surface area contributed by atoms with Crippen molar-refractivity contribution in [2.75, 3.05) is 52.9 Å². The molecule has 3 saturated heterocycles. The number of carbonyl (C=O) groups is 1. The molecular formula is C22H40N4O2. The summed E-state index contributed by atoms with van der Waals surface area (Å²) in [5.41, 5.74) is -0.217. The first-order valence-corrected chi connectivity index (χ1v) is 11.8. The average molecular weight is 393 g/mol. The third kappa shape index (κ3) is 4.82. The molecule has 6 nitrogen and oxygen atoms in total. The normalized spacial score (nSPS) is 29.6. The van der Waals surface area contributed by atoms with Crippen LogP contribution in [-0.4, -0.2) is 91.3 Å². The second-order valence-corrected chi connectivity index (χ2v) is 9.63. The van der Waals surface area contributed by atoms with Gasteiger partial charge >= 0.3 is 6.09 Å². The molecule has 1 aliphatic carbocycles. The quantitative estimate of drug-likeness (QED) is 0.753. The lowest BCUT2D eigenvalue weighted by Crippen LogP contribution is -2.53. The van der Waals surface area contributed by atoms with E-state index in [0.29, 0.717) is 6.04 Å². The molecule has 1 saturated carbocycles. The Morgan fingerprint density at radius 1 is 1.14 bits per heavy atom. The van der Waals surface area contributed by atoms with Crippen molar-refractivity contribution >= 4 is 6.09 Å². The Labute approximate surface area is 170 Å². The molecule has 0 unspecified atom stereocenters. The zero-order valence-corrected chi connectivity index (χ0v) is 17.8. The summed E-state index contributed by atoms with van der Waals surface area (Å²) in [6.45, 7) is 7.15. The molecule has 0 aromatic rings. The predicted molar refractivity (Wildman–Crippen MR) is 112 cm³/mol. The summed E-state index contributed by atoms with van der Waals surface area (Å²) in [7, 11) is 2.26. The Morgan fingerprint density at radius 3 is 2.64 bits per heavy atom. The number of likely N-dealkylation sites (tertiary alicyclic amines) is 1. The minimum absolute atomic E-state index is 0.0758. The van der Waals surface area contributed by atoms with Crippen LogP contribution in [0, 0.1) is 0 Å². The molecule has 4 fully saturated rings. The highest BCUT2D eigenvalue weighted by molar-refractivity contribution is 5.70. The summed E-state index contributed by atoms with van der Waals surface area (Å²) in [5, 5.41) is 3.52. The second kappa shape index (κ2) is 9.31. The van der Waals surface area contributed by atoms with Gasteiger partial charge in [0.1, 0.15) is 5.60 Å². The molecule has 1 amide bonds. The van der Waals surface area contributed by atoms with E-state index in [4.69, 9.17) is 4.74 Å². The highest BCUT2D eigenvalue weighted by Gasteiger charge is 2.47. The van der Waals surface area contributed by atoms with Crippen molar-refractivity contribution in [3.8, 4) is 0 Å². The second-order valence-electron chi connectivity index (χ2n) is 9.63. The van der Waals surface area contributed by atoms with E-state index >= 15 is 0 Å². The van der Waals surface area contributed by atoms with Crippen molar-refractivity contribution in [2.24, 2.45) is 0 Å². The van der Waals surface area contributed by atoms with E-state index in [9.17, 15) is 4.79 Å². The SMILES string of the molecule is CN(CCCN1CC2(CCN([C@@H]3CCCNC3)CC2)OC1=O)C1CCCCC1. The number of hydrogen-bond acceptors (Lipinski definition) is 5. The lowest BCUT2D eigenvalue weighted by molar-refractivity contribution is -0.0127. The Balaban J connectivity index is 1.19. The monoisotopic (exact) mass is 392 g/mol. The number of nitrogens with zero attached hydrogens (tertiary/aromatic N) is 3. The van der Waals surface area contributed by atoms with Crippen LogP contribution in [0.1, 0.15) is 64.2 Å². The fraction of sp³-hybridized carbons (Fsp3) is 0.955. The molecule has 3 aliphatic heterocycles. The minimum atomic E-state index is -0.217. The van der Waals surface area contributed by atoms with Gasteiger partial charge in [-0.1, -0.05) is 19.3 Å². The van der Waals surface area contributed by atoms with Gasteiger partial charge in [0.05, 0.1) is 6.54 Å². The highest BCUT2D eigenvalue weighted by atomic mass is 16.6. The van der Waals surface area contributed by atoms with E-state index in [1.165, 1.54) is 44.9 Å². The Hall–Kier alpha value is -0.850. The number of hydrogen-bond donors (Lipinski definition) is 1. The van der Waals surface area contributed by atoms with Gasteiger partial charge in [0, 0.05) is 51.1 Å². The van der Waals surface area contributed by atoms with Crippen molar-refractivity contribution in [2.45, 2.75) is 81.9 Å².